The van der Waals surface area contributed by atoms with Gasteiger partial charge in [-0.2, -0.15) is 5.10 Å². The molecule has 0 saturated carbocycles. The molecule has 1 heterocycles. The Morgan fingerprint density at radius 1 is 1.47 bits per heavy atom. The van der Waals surface area contributed by atoms with E-state index in [4.69, 9.17) is 0 Å². The zero-order valence-electron chi connectivity index (χ0n) is 10.4. The van der Waals surface area contributed by atoms with E-state index < -0.39 is 0 Å². The number of nitrogens with one attached hydrogen (secondary N) is 3. The van der Waals surface area contributed by atoms with Gasteiger partial charge >= 0.3 is 0 Å². The van der Waals surface area contributed by atoms with E-state index in [9.17, 15) is 4.79 Å². The molecule has 1 aromatic rings. The standard InChI is InChI=1S/C11H19BrN4O/c1-7(2)9-8(12)10(16-15-9)11(17)14-6-4-5-13-3/h7,13H,4-6H2,1-3H3,(H,14,17)(H,15,16). The van der Waals surface area contributed by atoms with Crippen molar-refractivity contribution in [3.05, 3.63) is 15.9 Å². The van der Waals surface area contributed by atoms with E-state index in [1.165, 1.54) is 0 Å². The molecule has 1 rings (SSSR count). The summed E-state index contributed by atoms with van der Waals surface area (Å²) in [7, 11) is 1.89. The number of nitrogens with zero attached hydrogens (tertiary/aromatic N) is 1. The van der Waals surface area contributed by atoms with Crippen LogP contribution in [0.25, 0.3) is 0 Å². The monoisotopic (exact) mass is 302 g/mol. The fourth-order valence-corrected chi connectivity index (χ4v) is 2.24. The fraction of sp³-hybridized carbons (Fsp3) is 0.636. The van der Waals surface area contributed by atoms with Crippen LogP contribution in [0.15, 0.2) is 4.47 Å². The molecule has 17 heavy (non-hydrogen) atoms. The number of carbonyl (C=O) groups is 1. The minimum Gasteiger partial charge on any atom is -0.351 e. The van der Waals surface area contributed by atoms with Gasteiger partial charge in [0.2, 0.25) is 0 Å². The predicted octanol–water partition coefficient (Wildman–Crippen LogP) is 1.63. The summed E-state index contributed by atoms with van der Waals surface area (Å²) in [6.45, 7) is 5.63. The van der Waals surface area contributed by atoms with Gasteiger partial charge < -0.3 is 10.6 Å². The molecule has 6 heteroatoms. The third-order valence-corrected chi connectivity index (χ3v) is 3.22. The zero-order chi connectivity index (χ0) is 12.8. The third kappa shape index (κ3) is 3.81. The van der Waals surface area contributed by atoms with Gasteiger partial charge in [-0.15, -0.1) is 0 Å². The van der Waals surface area contributed by atoms with Crippen molar-refractivity contribution >= 4 is 21.8 Å². The smallest absolute Gasteiger partial charge is 0.272 e. The second kappa shape index (κ2) is 6.76. The molecular formula is C11H19BrN4O. The number of halogens is 1. The van der Waals surface area contributed by atoms with Crippen LogP contribution in [0.4, 0.5) is 0 Å². The number of rotatable bonds is 6. The average Bonchev–Trinajstić information content (AvgIpc) is 2.66. The fourth-order valence-electron chi connectivity index (χ4n) is 1.43. The summed E-state index contributed by atoms with van der Waals surface area (Å²) in [6, 6.07) is 0. The lowest BCUT2D eigenvalue weighted by atomic mass is 10.1. The van der Waals surface area contributed by atoms with E-state index in [0.717, 1.165) is 23.1 Å². The van der Waals surface area contributed by atoms with Crippen molar-refractivity contribution in [2.75, 3.05) is 20.1 Å². The summed E-state index contributed by atoms with van der Waals surface area (Å²) in [5.41, 5.74) is 1.38. The zero-order valence-corrected chi connectivity index (χ0v) is 12.0. The van der Waals surface area contributed by atoms with Gasteiger partial charge in [-0.25, -0.2) is 0 Å². The maximum atomic E-state index is 11.8. The van der Waals surface area contributed by atoms with Gasteiger partial charge in [0.15, 0.2) is 5.69 Å². The van der Waals surface area contributed by atoms with Crippen molar-refractivity contribution in [2.45, 2.75) is 26.2 Å². The molecule has 96 valence electrons. The number of H-pyrrole nitrogens is 1. The van der Waals surface area contributed by atoms with Crippen LogP contribution < -0.4 is 10.6 Å². The summed E-state index contributed by atoms with van der Waals surface area (Å²) in [5, 5.41) is 12.8. The van der Waals surface area contributed by atoms with E-state index in [2.05, 4.69) is 36.8 Å². The quantitative estimate of drug-likeness (QED) is 0.700. The summed E-state index contributed by atoms with van der Waals surface area (Å²) < 4.78 is 0.763. The van der Waals surface area contributed by atoms with Crippen LogP contribution in [0, 0.1) is 0 Å². The highest BCUT2D eigenvalue weighted by Crippen LogP contribution is 2.25. The first-order chi connectivity index (χ1) is 8.07. The maximum absolute atomic E-state index is 11.8. The second-order valence-corrected chi connectivity index (χ2v) is 4.96. The van der Waals surface area contributed by atoms with Crippen molar-refractivity contribution in [1.82, 2.24) is 20.8 Å². The van der Waals surface area contributed by atoms with Crippen LogP contribution in [-0.2, 0) is 0 Å². The van der Waals surface area contributed by atoms with Crippen LogP contribution in [-0.4, -0.2) is 36.2 Å². The summed E-state index contributed by atoms with van der Waals surface area (Å²) in [4.78, 5) is 11.8. The Hall–Kier alpha value is -0.880. The van der Waals surface area contributed by atoms with Crippen molar-refractivity contribution in [2.24, 2.45) is 0 Å². The lowest BCUT2D eigenvalue weighted by molar-refractivity contribution is 0.0947. The number of amides is 1. The first-order valence-electron chi connectivity index (χ1n) is 5.74. The minimum absolute atomic E-state index is 0.142. The number of aromatic amines is 1. The summed E-state index contributed by atoms with van der Waals surface area (Å²) in [5.74, 6) is 0.166. The van der Waals surface area contributed by atoms with Crippen molar-refractivity contribution in [1.29, 1.82) is 0 Å². The summed E-state index contributed by atoms with van der Waals surface area (Å²) >= 11 is 3.41. The third-order valence-electron chi connectivity index (χ3n) is 2.41. The van der Waals surface area contributed by atoms with Crippen LogP contribution in [0.3, 0.4) is 0 Å². The molecule has 0 bridgehead atoms. The normalized spacial score (nSPS) is 10.9. The Morgan fingerprint density at radius 2 is 2.18 bits per heavy atom. The van der Waals surface area contributed by atoms with Gasteiger partial charge in [-0.3, -0.25) is 9.89 Å². The molecular weight excluding hydrogens is 284 g/mol. The van der Waals surface area contributed by atoms with Gasteiger partial charge in [0.25, 0.3) is 5.91 Å². The highest BCUT2D eigenvalue weighted by atomic mass is 79.9. The van der Waals surface area contributed by atoms with Crippen LogP contribution in [0.5, 0.6) is 0 Å². The number of aromatic nitrogens is 2. The Bertz CT molecular complexity index is 376. The van der Waals surface area contributed by atoms with Crippen LogP contribution in [0.2, 0.25) is 0 Å². The molecule has 0 atom stereocenters. The largest absolute Gasteiger partial charge is 0.351 e. The SMILES string of the molecule is CNCCCNC(=O)c1n[nH]c(C(C)C)c1Br. The molecule has 3 N–H and O–H groups in total. The van der Waals surface area contributed by atoms with Crippen molar-refractivity contribution in [3.63, 3.8) is 0 Å². The van der Waals surface area contributed by atoms with Crippen LogP contribution >= 0.6 is 15.9 Å². The molecule has 0 aromatic carbocycles. The van der Waals surface area contributed by atoms with Crippen molar-refractivity contribution < 1.29 is 4.79 Å². The molecule has 0 aliphatic heterocycles. The molecule has 0 aliphatic rings. The van der Waals surface area contributed by atoms with E-state index in [1.807, 2.05) is 20.9 Å². The Morgan fingerprint density at radius 3 is 2.71 bits per heavy atom. The maximum Gasteiger partial charge on any atom is 0.272 e. The lowest BCUT2D eigenvalue weighted by Gasteiger charge is -2.04. The molecule has 1 amide bonds. The van der Waals surface area contributed by atoms with Gasteiger partial charge in [-0.1, -0.05) is 13.8 Å². The van der Waals surface area contributed by atoms with Crippen LogP contribution in [0.1, 0.15) is 42.4 Å². The highest BCUT2D eigenvalue weighted by Gasteiger charge is 2.18. The lowest BCUT2D eigenvalue weighted by Crippen LogP contribution is -2.27. The highest BCUT2D eigenvalue weighted by molar-refractivity contribution is 9.10. The van der Waals surface area contributed by atoms with E-state index in [0.29, 0.717) is 18.2 Å². The molecule has 0 saturated heterocycles. The topological polar surface area (TPSA) is 69.8 Å². The van der Waals surface area contributed by atoms with Gasteiger partial charge in [0, 0.05) is 6.54 Å². The van der Waals surface area contributed by atoms with Gasteiger partial charge in [-0.05, 0) is 41.9 Å². The van der Waals surface area contributed by atoms with Gasteiger partial charge in [0.1, 0.15) is 0 Å². The minimum atomic E-state index is -0.142. The van der Waals surface area contributed by atoms with E-state index >= 15 is 0 Å². The molecule has 0 aliphatic carbocycles. The number of hydrogen-bond acceptors (Lipinski definition) is 3. The molecule has 0 spiro atoms. The molecule has 5 nitrogen and oxygen atoms in total. The molecule has 0 radical (unpaired) electrons. The second-order valence-electron chi connectivity index (χ2n) is 4.17. The molecule has 0 fully saturated rings. The Kier molecular flexibility index (Phi) is 5.64. The first kappa shape index (κ1) is 14.2. The van der Waals surface area contributed by atoms with Crippen molar-refractivity contribution in [3.8, 4) is 0 Å². The Labute approximate surface area is 110 Å². The summed E-state index contributed by atoms with van der Waals surface area (Å²) in [6.07, 6.45) is 0.904. The Balaban J connectivity index is 2.57. The molecule has 0 unspecified atom stereocenters. The predicted molar refractivity (Wildman–Crippen MR) is 71.3 cm³/mol. The number of carbonyl (C=O) groups excluding carboxylic acids is 1. The van der Waals surface area contributed by atoms with E-state index in [-0.39, 0.29) is 5.91 Å². The van der Waals surface area contributed by atoms with E-state index in [1.54, 1.807) is 0 Å². The van der Waals surface area contributed by atoms with Gasteiger partial charge in [0.05, 0.1) is 10.2 Å². The number of hydrogen-bond donors (Lipinski definition) is 3. The average molecular weight is 303 g/mol. The first-order valence-corrected chi connectivity index (χ1v) is 6.53. The molecule has 1 aromatic heterocycles.